The van der Waals surface area contributed by atoms with E-state index < -0.39 is 24.3 Å². The van der Waals surface area contributed by atoms with Gasteiger partial charge in [0.05, 0.1) is 18.6 Å². The molecule has 1 aromatic rings. The molecule has 2 amide bonds. The van der Waals surface area contributed by atoms with Crippen molar-refractivity contribution in [3.63, 3.8) is 0 Å². The van der Waals surface area contributed by atoms with Crippen LogP contribution in [0.2, 0.25) is 0 Å². The molecule has 13 heteroatoms. The number of carbonyl (C=O) groups excluding carboxylic acids is 3. The zero-order chi connectivity index (χ0) is 23.0. The van der Waals surface area contributed by atoms with Gasteiger partial charge in [-0.1, -0.05) is 0 Å². The van der Waals surface area contributed by atoms with Crippen molar-refractivity contribution in [3.05, 3.63) is 16.6 Å². The molecule has 172 valence electrons. The van der Waals surface area contributed by atoms with Gasteiger partial charge in [-0.05, 0) is 19.9 Å². The molecule has 1 aliphatic rings. The van der Waals surface area contributed by atoms with Gasteiger partial charge in [-0.25, -0.2) is 4.98 Å². The van der Waals surface area contributed by atoms with E-state index in [2.05, 4.69) is 15.3 Å². The number of nitrogens with one attached hydrogen (secondary N) is 1. The van der Waals surface area contributed by atoms with Gasteiger partial charge in [-0.3, -0.25) is 24.3 Å². The van der Waals surface area contributed by atoms with Crippen LogP contribution in [0.5, 0.6) is 0 Å². The minimum absolute atomic E-state index is 0.0528. The molecule has 0 saturated carbocycles. The summed E-state index contributed by atoms with van der Waals surface area (Å²) in [5.74, 6) is -1.23. The van der Waals surface area contributed by atoms with Crippen LogP contribution in [0, 0.1) is 0 Å². The number of nitrogens with zero attached hydrogens (tertiary/aromatic N) is 4. The second kappa shape index (κ2) is 11.7. The number of ketones is 1. The standard InChI is InChI=1S/C18H29N7O5S/c1-24-6-7-25(17(30)12(24)9-14(27)28)10-13(26)23-11(3-2-4-22-18(19)20)15(29)16-21-5-8-31-16/h5,8,11-12,14,27-28H,2-4,6-7,9-10H2,1H3,(H,23,26)(H4,19,20,22)/t11-,12?/m0/s1. The van der Waals surface area contributed by atoms with Crippen LogP contribution in [-0.2, 0) is 9.59 Å². The fourth-order valence-corrected chi connectivity index (χ4v) is 3.89. The van der Waals surface area contributed by atoms with Gasteiger partial charge in [0.2, 0.25) is 17.6 Å². The maximum absolute atomic E-state index is 12.7. The smallest absolute Gasteiger partial charge is 0.240 e. The molecule has 1 fully saturated rings. The van der Waals surface area contributed by atoms with E-state index in [9.17, 15) is 24.6 Å². The highest BCUT2D eigenvalue weighted by molar-refractivity contribution is 7.11. The summed E-state index contributed by atoms with van der Waals surface area (Å²) in [5, 5.41) is 23.1. The predicted molar refractivity (Wildman–Crippen MR) is 114 cm³/mol. The van der Waals surface area contributed by atoms with E-state index in [1.54, 1.807) is 17.3 Å². The third-order valence-corrected chi connectivity index (χ3v) is 5.65. The Morgan fingerprint density at radius 3 is 2.74 bits per heavy atom. The zero-order valence-electron chi connectivity index (χ0n) is 17.3. The second-order valence-electron chi connectivity index (χ2n) is 7.24. The topological polar surface area (TPSA) is 187 Å². The molecule has 1 unspecified atom stereocenters. The molecule has 31 heavy (non-hydrogen) atoms. The number of nitrogens with two attached hydrogens (primary N) is 2. The van der Waals surface area contributed by atoms with Crippen LogP contribution in [0.15, 0.2) is 16.6 Å². The van der Waals surface area contributed by atoms with Crippen LogP contribution in [0.4, 0.5) is 0 Å². The molecule has 7 N–H and O–H groups in total. The number of aliphatic hydroxyl groups is 2. The summed E-state index contributed by atoms with van der Waals surface area (Å²) in [7, 11) is 1.71. The Bertz CT molecular complexity index is 782. The largest absolute Gasteiger partial charge is 0.370 e. The van der Waals surface area contributed by atoms with Crippen molar-refractivity contribution in [2.45, 2.75) is 37.6 Å². The lowest BCUT2D eigenvalue weighted by Gasteiger charge is -2.38. The maximum Gasteiger partial charge on any atom is 0.240 e. The Morgan fingerprint density at radius 2 is 2.13 bits per heavy atom. The van der Waals surface area contributed by atoms with Crippen molar-refractivity contribution in [2.24, 2.45) is 16.5 Å². The average Bonchev–Trinajstić information content (AvgIpc) is 3.23. The lowest BCUT2D eigenvalue weighted by Crippen LogP contribution is -2.58. The summed E-state index contributed by atoms with van der Waals surface area (Å²) < 4.78 is 0. The number of hydrogen-bond donors (Lipinski definition) is 5. The molecule has 0 aliphatic carbocycles. The monoisotopic (exact) mass is 455 g/mol. The van der Waals surface area contributed by atoms with Gasteiger partial charge in [0, 0.05) is 37.6 Å². The van der Waals surface area contributed by atoms with E-state index in [-0.39, 0.29) is 35.6 Å². The van der Waals surface area contributed by atoms with Gasteiger partial charge in [-0.15, -0.1) is 11.3 Å². The van der Waals surface area contributed by atoms with Gasteiger partial charge >= 0.3 is 0 Å². The van der Waals surface area contributed by atoms with Crippen molar-refractivity contribution < 1.29 is 24.6 Å². The molecule has 12 nitrogen and oxygen atoms in total. The quantitative estimate of drug-likeness (QED) is 0.0804. The van der Waals surface area contributed by atoms with Crippen LogP contribution < -0.4 is 16.8 Å². The maximum atomic E-state index is 12.7. The fraction of sp³-hybridized carbons (Fsp3) is 0.611. The first kappa shape index (κ1) is 24.7. The zero-order valence-corrected chi connectivity index (χ0v) is 18.1. The molecule has 1 saturated heterocycles. The first-order valence-electron chi connectivity index (χ1n) is 9.82. The van der Waals surface area contributed by atoms with Gasteiger partial charge in [0.15, 0.2) is 17.3 Å². The summed E-state index contributed by atoms with van der Waals surface area (Å²) in [6.45, 7) is 0.870. The van der Waals surface area contributed by atoms with Gasteiger partial charge in [-0.2, -0.15) is 0 Å². The van der Waals surface area contributed by atoms with Crippen molar-refractivity contribution in [3.8, 4) is 0 Å². The van der Waals surface area contributed by atoms with E-state index in [4.69, 9.17) is 11.5 Å². The first-order valence-corrected chi connectivity index (χ1v) is 10.7. The highest BCUT2D eigenvalue weighted by Gasteiger charge is 2.35. The molecule has 2 heterocycles. The molecule has 0 spiro atoms. The molecule has 1 aliphatic heterocycles. The van der Waals surface area contributed by atoms with Crippen molar-refractivity contribution in [1.82, 2.24) is 20.1 Å². The predicted octanol–water partition coefficient (Wildman–Crippen LogP) is -2.29. The van der Waals surface area contributed by atoms with Crippen molar-refractivity contribution in [2.75, 3.05) is 33.2 Å². The third kappa shape index (κ3) is 7.54. The van der Waals surface area contributed by atoms with Crippen LogP contribution >= 0.6 is 11.3 Å². The number of amides is 2. The molecular weight excluding hydrogens is 426 g/mol. The van der Waals surface area contributed by atoms with E-state index in [0.717, 1.165) is 0 Å². The molecule has 2 atom stereocenters. The van der Waals surface area contributed by atoms with Crippen LogP contribution in [0.25, 0.3) is 0 Å². The number of aliphatic imine (C=N–C) groups is 1. The Morgan fingerprint density at radius 1 is 1.39 bits per heavy atom. The Balaban J connectivity index is 2.00. The Kier molecular flexibility index (Phi) is 9.30. The summed E-state index contributed by atoms with van der Waals surface area (Å²) >= 11 is 1.18. The number of rotatable bonds is 11. The minimum atomic E-state index is -1.63. The number of likely N-dealkylation sites (N-methyl/N-ethyl adjacent to an activating group) is 1. The highest BCUT2D eigenvalue weighted by atomic mass is 32.1. The number of aliphatic hydroxyl groups excluding tert-OH is 1. The summed E-state index contributed by atoms with van der Waals surface area (Å²) in [6, 6.07) is -1.56. The summed E-state index contributed by atoms with van der Waals surface area (Å²) in [6.07, 6.45) is 0.495. The van der Waals surface area contributed by atoms with Gasteiger partial charge in [0.25, 0.3) is 0 Å². The number of guanidine groups is 1. The lowest BCUT2D eigenvalue weighted by molar-refractivity contribution is -0.148. The van der Waals surface area contributed by atoms with Crippen LogP contribution in [0.1, 0.15) is 29.1 Å². The van der Waals surface area contributed by atoms with Gasteiger partial charge in [0.1, 0.15) is 0 Å². The molecule has 0 bridgehead atoms. The SMILES string of the molecule is CN1CCN(CC(=O)N[C@@H](CCCN=C(N)N)C(=O)c2nccs2)C(=O)C1CC(O)O. The number of Topliss-reactive ketones (excluding diaryl/α,β-unsaturated/α-hetero) is 1. The van der Waals surface area contributed by atoms with E-state index in [1.165, 1.54) is 22.4 Å². The summed E-state index contributed by atoms with van der Waals surface area (Å²) in [4.78, 5) is 49.0. The highest BCUT2D eigenvalue weighted by Crippen LogP contribution is 2.15. The van der Waals surface area contributed by atoms with E-state index in [0.29, 0.717) is 32.5 Å². The molecular formula is C18H29N7O5S. The number of piperazine rings is 1. The normalized spacial score (nSPS) is 18.1. The van der Waals surface area contributed by atoms with Crippen molar-refractivity contribution >= 4 is 34.9 Å². The number of thiazole rings is 1. The molecule has 2 rings (SSSR count). The summed E-state index contributed by atoms with van der Waals surface area (Å²) in [5.41, 5.74) is 10.6. The average molecular weight is 456 g/mol. The van der Waals surface area contributed by atoms with Crippen molar-refractivity contribution in [1.29, 1.82) is 0 Å². The molecule has 0 radical (unpaired) electrons. The third-order valence-electron chi connectivity index (χ3n) is 4.86. The fourth-order valence-electron chi connectivity index (χ4n) is 3.26. The Hall–Kier alpha value is -2.61. The number of carbonyl (C=O) groups is 3. The number of aromatic nitrogens is 1. The second-order valence-corrected chi connectivity index (χ2v) is 8.14. The lowest BCUT2D eigenvalue weighted by atomic mass is 10.1. The first-order chi connectivity index (χ1) is 14.7. The minimum Gasteiger partial charge on any atom is -0.370 e. The van der Waals surface area contributed by atoms with Gasteiger partial charge < -0.3 is 31.9 Å². The van der Waals surface area contributed by atoms with Crippen LogP contribution in [0.3, 0.4) is 0 Å². The number of hydrogen-bond acceptors (Lipinski definition) is 9. The Labute approximate surface area is 183 Å². The van der Waals surface area contributed by atoms with Crippen LogP contribution in [-0.4, -0.2) is 100 Å². The molecule has 1 aromatic heterocycles. The molecule has 0 aromatic carbocycles. The van der Waals surface area contributed by atoms with E-state index in [1.807, 2.05) is 0 Å². The van der Waals surface area contributed by atoms with E-state index >= 15 is 0 Å².